The predicted octanol–water partition coefficient (Wildman–Crippen LogP) is 2.26. The summed E-state index contributed by atoms with van der Waals surface area (Å²) in [6.07, 6.45) is 5.63. The Hall–Kier alpha value is -0.0800. The largest absolute Gasteiger partial charge is 0.316 e. The first-order valence-corrected chi connectivity index (χ1v) is 7.24. The molecule has 0 aromatic heterocycles. The van der Waals surface area contributed by atoms with Crippen LogP contribution in [0, 0.1) is 23.7 Å². The van der Waals surface area contributed by atoms with Crippen molar-refractivity contribution >= 4 is 0 Å². The van der Waals surface area contributed by atoms with Gasteiger partial charge in [-0.15, -0.1) is 0 Å². The lowest BCUT2D eigenvalue weighted by molar-refractivity contribution is 0.225. The summed E-state index contributed by atoms with van der Waals surface area (Å²) < 4.78 is 0. The van der Waals surface area contributed by atoms with Gasteiger partial charge in [-0.1, -0.05) is 26.7 Å². The van der Waals surface area contributed by atoms with E-state index in [1.165, 1.54) is 51.9 Å². The van der Waals surface area contributed by atoms with Crippen molar-refractivity contribution in [1.82, 2.24) is 10.6 Å². The summed E-state index contributed by atoms with van der Waals surface area (Å²) in [7, 11) is 0. The summed E-state index contributed by atoms with van der Waals surface area (Å²) in [4.78, 5) is 0. The van der Waals surface area contributed by atoms with E-state index in [1.807, 2.05) is 0 Å². The summed E-state index contributed by atoms with van der Waals surface area (Å²) in [6, 6.07) is 0. The van der Waals surface area contributed by atoms with E-state index in [9.17, 15) is 0 Å². The highest BCUT2D eigenvalue weighted by Gasteiger charge is 2.29. The van der Waals surface area contributed by atoms with Crippen molar-refractivity contribution in [2.45, 2.75) is 39.5 Å². The second-order valence-corrected chi connectivity index (χ2v) is 5.86. The Bertz CT molecular complexity index is 205. The molecule has 2 N–H and O–H groups in total. The third kappa shape index (κ3) is 2.98. The quantitative estimate of drug-likeness (QED) is 0.765. The average Bonchev–Trinajstić information content (AvgIpc) is 2.76. The first kappa shape index (κ1) is 12.4. The van der Waals surface area contributed by atoms with Crippen LogP contribution in [0.4, 0.5) is 0 Å². The van der Waals surface area contributed by atoms with Crippen LogP contribution in [0.1, 0.15) is 39.5 Å². The van der Waals surface area contributed by atoms with Gasteiger partial charge in [0.05, 0.1) is 0 Å². The van der Waals surface area contributed by atoms with Crippen molar-refractivity contribution in [2.24, 2.45) is 23.7 Å². The molecule has 0 aromatic carbocycles. The van der Waals surface area contributed by atoms with Crippen LogP contribution in [0.5, 0.6) is 0 Å². The van der Waals surface area contributed by atoms with E-state index in [0.717, 1.165) is 23.7 Å². The zero-order valence-corrected chi connectivity index (χ0v) is 11.0. The van der Waals surface area contributed by atoms with E-state index in [-0.39, 0.29) is 0 Å². The highest BCUT2D eigenvalue weighted by atomic mass is 14.9. The van der Waals surface area contributed by atoms with Crippen molar-refractivity contribution in [3.8, 4) is 0 Å². The lowest BCUT2D eigenvalue weighted by Gasteiger charge is -2.32. The van der Waals surface area contributed by atoms with Gasteiger partial charge in [0.1, 0.15) is 0 Å². The first-order chi connectivity index (χ1) is 7.83. The number of nitrogens with one attached hydrogen (secondary N) is 2. The van der Waals surface area contributed by atoms with Gasteiger partial charge in [0.15, 0.2) is 0 Å². The molecule has 2 aliphatic heterocycles. The van der Waals surface area contributed by atoms with Crippen molar-refractivity contribution < 1.29 is 0 Å². The van der Waals surface area contributed by atoms with Gasteiger partial charge in [-0.3, -0.25) is 0 Å². The molecule has 2 aliphatic rings. The second kappa shape index (κ2) is 6.02. The zero-order valence-electron chi connectivity index (χ0n) is 11.0. The van der Waals surface area contributed by atoms with Crippen LogP contribution in [-0.4, -0.2) is 26.2 Å². The molecule has 2 rings (SSSR count). The molecule has 0 aromatic rings. The average molecular weight is 224 g/mol. The molecule has 2 heterocycles. The maximum Gasteiger partial charge on any atom is -0.00172 e. The van der Waals surface area contributed by atoms with Gasteiger partial charge in [-0.05, 0) is 62.7 Å². The summed E-state index contributed by atoms with van der Waals surface area (Å²) in [5.74, 6) is 3.78. The normalized spacial score (nSPS) is 40.1. The number of hydrogen-bond acceptors (Lipinski definition) is 2. The molecule has 0 bridgehead atoms. The fourth-order valence-electron chi connectivity index (χ4n) is 3.59. The zero-order chi connectivity index (χ0) is 11.4. The van der Waals surface area contributed by atoms with Gasteiger partial charge in [-0.25, -0.2) is 0 Å². The third-order valence-electron chi connectivity index (χ3n) is 4.75. The van der Waals surface area contributed by atoms with E-state index >= 15 is 0 Å². The van der Waals surface area contributed by atoms with E-state index in [2.05, 4.69) is 24.5 Å². The maximum atomic E-state index is 3.62. The van der Waals surface area contributed by atoms with Crippen LogP contribution in [0.15, 0.2) is 0 Å². The van der Waals surface area contributed by atoms with Crippen molar-refractivity contribution in [2.75, 3.05) is 26.2 Å². The number of piperidine rings is 1. The maximum absolute atomic E-state index is 3.62. The molecule has 4 atom stereocenters. The highest BCUT2D eigenvalue weighted by molar-refractivity contribution is 4.85. The number of rotatable bonds is 4. The molecule has 2 fully saturated rings. The molecule has 2 heteroatoms. The number of hydrogen-bond donors (Lipinski definition) is 2. The lowest BCUT2D eigenvalue weighted by Crippen LogP contribution is -2.37. The summed E-state index contributed by atoms with van der Waals surface area (Å²) >= 11 is 0. The van der Waals surface area contributed by atoms with Crippen LogP contribution in [0.2, 0.25) is 0 Å². The molecular weight excluding hydrogens is 196 g/mol. The fraction of sp³-hybridized carbons (Fsp3) is 1.00. The van der Waals surface area contributed by atoms with Crippen molar-refractivity contribution in [3.63, 3.8) is 0 Å². The Labute approximate surface area is 101 Å². The molecule has 0 aliphatic carbocycles. The van der Waals surface area contributed by atoms with E-state index in [4.69, 9.17) is 0 Å². The molecule has 16 heavy (non-hydrogen) atoms. The molecule has 0 spiro atoms. The lowest BCUT2D eigenvalue weighted by atomic mass is 9.79. The Morgan fingerprint density at radius 3 is 2.25 bits per heavy atom. The summed E-state index contributed by atoms with van der Waals surface area (Å²) in [5, 5.41) is 7.19. The molecule has 0 radical (unpaired) electrons. The third-order valence-corrected chi connectivity index (χ3v) is 4.75. The predicted molar refractivity (Wildman–Crippen MR) is 69.5 cm³/mol. The molecule has 2 saturated heterocycles. The van der Waals surface area contributed by atoms with E-state index in [1.54, 1.807) is 0 Å². The SMILES string of the molecule is CCC1CNCC(CC2CNCC2CC)C1. The van der Waals surface area contributed by atoms with Crippen LogP contribution >= 0.6 is 0 Å². The summed E-state index contributed by atoms with van der Waals surface area (Å²) in [5.41, 5.74) is 0. The Morgan fingerprint density at radius 1 is 0.812 bits per heavy atom. The van der Waals surface area contributed by atoms with Crippen LogP contribution < -0.4 is 10.6 Å². The Kier molecular flexibility index (Phi) is 4.66. The minimum Gasteiger partial charge on any atom is -0.316 e. The monoisotopic (exact) mass is 224 g/mol. The van der Waals surface area contributed by atoms with E-state index in [0.29, 0.717) is 0 Å². The van der Waals surface area contributed by atoms with Crippen LogP contribution in [0.3, 0.4) is 0 Å². The van der Waals surface area contributed by atoms with Gasteiger partial charge in [0.2, 0.25) is 0 Å². The fourth-order valence-corrected chi connectivity index (χ4v) is 3.59. The van der Waals surface area contributed by atoms with Gasteiger partial charge in [0, 0.05) is 0 Å². The van der Waals surface area contributed by atoms with Gasteiger partial charge in [0.25, 0.3) is 0 Å². The van der Waals surface area contributed by atoms with E-state index < -0.39 is 0 Å². The van der Waals surface area contributed by atoms with Gasteiger partial charge < -0.3 is 10.6 Å². The van der Waals surface area contributed by atoms with Crippen molar-refractivity contribution in [1.29, 1.82) is 0 Å². The Morgan fingerprint density at radius 2 is 1.50 bits per heavy atom. The second-order valence-electron chi connectivity index (χ2n) is 5.86. The molecular formula is C14H28N2. The van der Waals surface area contributed by atoms with Gasteiger partial charge in [-0.2, -0.15) is 0 Å². The summed E-state index contributed by atoms with van der Waals surface area (Å²) in [6.45, 7) is 9.74. The minimum absolute atomic E-state index is 0.938. The smallest absolute Gasteiger partial charge is 0.00172 e. The first-order valence-electron chi connectivity index (χ1n) is 7.24. The molecule has 94 valence electrons. The minimum atomic E-state index is 0.938. The molecule has 4 unspecified atom stereocenters. The topological polar surface area (TPSA) is 24.1 Å². The molecule has 2 nitrogen and oxygen atoms in total. The van der Waals surface area contributed by atoms with Gasteiger partial charge >= 0.3 is 0 Å². The Balaban J connectivity index is 1.79. The molecule has 0 amide bonds. The highest BCUT2D eigenvalue weighted by Crippen LogP contribution is 2.30. The molecule has 0 saturated carbocycles. The van der Waals surface area contributed by atoms with Crippen LogP contribution in [0.25, 0.3) is 0 Å². The van der Waals surface area contributed by atoms with Crippen LogP contribution in [-0.2, 0) is 0 Å². The van der Waals surface area contributed by atoms with Crippen molar-refractivity contribution in [3.05, 3.63) is 0 Å². The standard InChI is InChI=1S/C14H28N2/c1-3-11-5-12(8-15-7-11)6-14-10-16-9-13(14)4-2/h11-16H,3-10H2,1-2H3.